The summed E-state index contributed by atoms with van der Waals surface area (Å²) < 4.78 is 20.7. The Labute approximate surface area is 101 Å². The fourth-order valence-corrected chi connectivity index (χ4v) is 1.64. The van der Waals surface area contributed by atoms with Crippen molar-refractivity contribution >= 4 is 0 Å². The van der Waals surface area contributed by atoms with Crippen molar-refractivity contribution in [2.45, 2.75) is 12.3 Å². The normalized spacial score (nSPS) is 12.6. The highest BCUT2D eigenvalue weighted by Gasteiger charge is 2.22. The van der Waals surface area contributed by atoms with E-state index in [2.05, 4.69) is 0 Å². The standard InChI is InChI=1S/C12H19NO4/c1-14-8-5-6-10(15-2)9(7-8)11(13)12(16-3)17-4/h5-7,11-12H,13H2,1-4H3. The molecule has 0 bridgehead atoms. The molecule has 1 atom stereocenters. The first-order valence-corrected chi connectivity index (χ1v) is 5.21. The molecule has 1 unspecified atom stereocenters. The molecule has 5 heteroatoms. The van der Waals surface area contributed by atoms with E-state index in [-0.39, 0.29) is 0 Å². The lowest BCUT2D eigenvalue weighted by atomic mass is 10.1. The fourth-order valence-electron chi connectivity index (χ4n) is 1.64. The van der Waals surface area contributed by atoms with Crippen LogP contribution in [0.2, 0.25) is 0 Å². The second-order valence-electron chi connectivity index (χ2n) is 3.47. The van der Waals surface area contributed by atoms with Crippen molar-refractivity contribution in [3.8, 4) is 11.5 Å². The Hall–Kier alpha value is -1.30. The molecule has 5 nitrogen and oxygen atoms in total. The van der Waals surface area contributed by atoms with Gasteiger partial charge in [-0.05, 0) is 18.2 Å². The third-order valence-corrected chi connectivity index (χ3v) is 2.55. The average molecular weight is 241 g/mol. The molecule has 0 spiro atoms. The molecule has 0 saturated heterocycles. The van der Waals surface area contributed by atoms with Crippen LogP contribution in [0.15, 0.2) is 18.2 Å². The van der Waals surface area contributed by atoms with Crippen LogP contribution in [0.1, 0.15) is 11.6 Å². The topological polar surface area (TPSA) is 62.9 Å². The number of benzene rings is 1. The highest BCUT2D eigenvalue weighted by Crippen LogP contribution is 2.30. The van der Waals surface area contributed by atoms with Crippen LogP contribution in [-0.4, -0.2) is 34.7 Å². The lowest BCUT2D eigenvalue weighted by Crippen LogP contribution is -2.30. The monoisotopic (exact) mass is 241 g/mol. The molecule has 0 heterocycles. The molecule has 0 aliphatic heterocycles. The van der Waals surface area contributed by atoms with E-state index in [1.54, 1.807) is 34.5 Å². The van der Waals surface area contributed by atoms with E-state index in [0.29, 0.717) is 11.5 Å². The summed E-state index contributed by atoms with van der Waals surface area (Å²) in [6, 6.07) is 4.98. The lowest BCUT2D eigenvalue weighted by molar-refractivity contribution is -0.117. The molecule has 1 rings (SSSR count). The molecule has 0 fully saturated rings. The molecular formula is C12H19NO4. The molecule has 0 aliphatic carbocycles. The van der Waals surface area contributed by atoms with Gasteiger partial charge < -0.3 is 24.7 Å². The fraction of sp³-hybridized carbons (Fsp3) is 0.500. The Kier molecular flexibility index (Phi) is 5.21. The number of rotatable bonds is 6. The van der Waals surface area contributed by atoms with Crippen LogP contribution in [0.5, 0.6) is 11.5 Å². The number of hydrogen-bond donors (Lipinski definition) is 1. The first kappa shape index (κ1) is 13.8. The Morgan fingerprint density at radius 3 is 2.12 bits per heavy atom. The highest BCUT2D eigenvalue weighted by atomic mass is 16.7. The van der Waals surface area contributed by atoms with Gasteiger partial charge in [0.25, 0.3) is 0 Å². The summed E-state index contributed by atoms with van der Waals surface area (Å²) in [5.74, 6) is 1.39. The molecule has 1 aromatic carbocycles. The van der Waals surface area contributed by atoms with Crippen LogP contribution in [-0.2, 0) is 9.47 Å². The molecule has 0 aliphatic rings. The van der Waals surface area contributed by atoms with E-state index >= 15 is 0 Å². The van der Waals surface area contributed by atoms with E-state index in [1.165, 1.54) is 0 Å². The van der Waals surface area contributed by atoms with E-state index in [9.17, 15) is 0 Å². The molecule has 1 aromatic rings. The van der Waals surface area contributed by atoms with Crippen LogP contribution in [0.25, 0.3) is 0 Å². The predicted molar refractivity (Wildman–Crippen MR) is 64.3 cm³/mol. The van der Waals surface area contributed by atoms with Gasteiger partial charge in [0.15, 0.2) is 6.29 Å². The van der Waals surface area contributed by atoms with E-state index < -0.39 is 12.3 Å². The zero-order chi connectivity index (χ0) is 12.8. The molecule has 17 heavy (non-hydrogen) atoms. The van der Waals surface area contributed by atoms with Crippen LogP contribution in [0.4, 0.5) is 0 Å². The third-order valence-electron chi connectivity index (χ3n) is 2.55. The predicted octanol–water partition coefficient (Wildman–Crippen LogP) is 1.32. The number of hydrogen-bond acceptors (Lipinski definition) is 5. The van der Waals surface area contributed by atoms with Crippen LogP contribution < -0.4 is 15.2 Å². The maximum Gasteiger partial charge on any atom is 0.176 e. The molecule has 96 valence electrons. The third kappa shape index (κ3) is 3.09. The molecule has 2 N–H and O–H groups in total. The largest absolute Gasteiger partial charge is 0.497 e. The summed E-state index contributed by atoms with van der Waals surface area (Å²) in [5.41, 5.74) is 6.85. The van der Waals surface area contributed by atoms with Crippen molar-refractivity contribution in [1.29, 1.82) is 0 Å². The van der Waals surface area contributed by atoms with Crippen molar-refractivity contribution in [3.05, 3.63) is 23.8 Å². The minimum Gasteiger partial charge on any atom is -0.497 e. The van der Waals surface area contributed by atoms with E-state index in [1.807, 2.05) is 12.1 Å². The summed E-state index contributed by atoms with van der Waals surface area (Å²) >= 11 is 0. The summed E-state index contributed by atoms with van der Waals surface area (Å²) in [4.78, 5) is 0. The summed E-state index contributed by atoms with van der Waals surface area (Å²) in [5, 5.41) is 0. The van der Waals surface area contributed by atoms with Crippen LogP contribution >= 0.6 is 0 Å². The van der Waals surface area contributed by atoms with Gasteiger partial charge in [-0.15, -0.1) is 0 Å². The Bertz CT molecular complexity index is 352. The lowest BCUT2D eigenvalue weighted by Gasteiger charge is -2.23. The van der Waals surface area contributed by atoms with Gasteiger partial charge in [-0.25, -0.2) is 0 Å². The SMILES string of the molecule is COc1ccc(OC)c(C(N)C(OC)OC)c1. The molecule has 0 radical (unpaired) electrons. The molecule has 0 amide bonds. The van der Waals surface area contributed by atoms with Crippen molar-refractivity contribution in [1.82, 2.24) is 0 Å². The Morgan fingerprint density at radius 1 is 1.00 bits per heavy atom. The molecular weight excluding hydrogens is 222 g/mol. The van der Waals surface area contributed by atoms with E-state index in [4.69, 9.17) is 24.7 Å². The van der Waals surface area contributed by atoms with Gasteiger partial charge in [0.1, 0.15) is 11.5 Å². The van der Waals surface area contributed by atoms with Crippen LogP contribution in [0.3, 0.4) is 0 Å². The van der Waals surface area contributed by atoms with Crippen molar-refractivity contribution in [2.24, 2.45) is 5.73 Å². The minimum atomic E-state index is -0.531. The highest BCUT2D eigenvalue weighted by molar-refractivity contribution is 5.42. The second kappa shape index (κ2) is 6.44. The Balaban J connectivity index is 3.08. The quantitative estimate of drug-likeness (QED) is 0.761. The zero-order valence-corrected chi connectivity index (χ0v) is 10.6. The van der Waals surface area contributed by atoms with Gasteiger partial charge in [0.05, 0.1) is 20.3 Å². The average Bonchev–Trinajstić information content (AvgIpc) is 2.39. The van der Waals surface area contributed by atoms with Gasteiger partial charge >= 0.3 is 0 Å². The second-order valence-corrected chi connectivity index (χ2v) is 3.47. The van der Waals surface area contributed by atoms with Crippen molar-refractivity contribution < 1.29 is 18.9 Å². The maximum atomic E-state index is 6.07. The minimum absolute atomic E-state index is 0.449. The number of methoxy groups -OCH3 is 4. The first-order valence-electron chi connectivity index (χ1n) is 5.21. The van der Waals surface area contributed by atoms with Crippen LogP contribution in [0, 0.1) is 0 Å². The number of ether oxygens (including phenoxy) is 4. The van der Waals surface area contributed by atoms with Gasteiger partial charge in [0.2, 0.25) is 0 Å². The van der Waals surface area contributed by atoms with Gasteiger partial charge in [-0.3, -0.25) is 0 Å². The first-order chi connectivity index (χ1) is 8.17. The summed E-state index contributed by atoms with van der Waals surface area (Å²) in [7, 11) is 6.27. The smallest absolute Gasteiger partial charge is 0.176 e. The summed E-state index contributed by atoms with van der Waals surface area (Å²) in [6.07, 6.45) is -0.531. The number of nitrogens with two attached hydrogens (primary N) is 1. The van der Waals surface area contributed by atoms with Gasteiger partial charge in [-0.1, -0.05) is 0 Å². The zero-order valence-electron chi connectivity index (χ0n) is 10.6. The molecule has 0 aromatic heterocycles. The summed E-state index contributed by atoms with van der Waals surface area (Å²) in [6.45, 7) is 0. The van der Waals surface area contributed by atoms with Gasteiger partial charge in [-0.2, -0.15) is 0 Å². The maximum absolute atomic E-state index is 6.07. The molecule has 0 saturated carbocycles. The van der Waals surface area contributed by atoms with Crippen molar-refractivity contribution in [2.75, 3.05) is 28.4 Å². The Morgan fingerprint density at radius 2 is 1.65 bits per heavy atom. The van der Waals surface area contributed by atoms with Crippen molar-refractivity contribution in [3.63, 3.8) is 0 Å². The van der Waals surface area contributed by atoms with E-state index in [0.717, 1.165) is 5.56 Å². The van der Waals surface area contributed by atoms with Gasteiger partial charge in [0, 0.05) is 19.8 Å².